The molecule has 1 aromatic carbocycles. The summed E-state index contributed by atoms with van der Waals surface area (Å²) in [5.41, 5.74) is -0.403. The number of ether oxygens (including phenoxy) is 1. The zero-order valence-corrected chi connectivity index (χ0v) is 10.4. The molecule has 1 aliphatic rings. The monoisotopic (exact) mass is 264 g/mol. The van der Waals surface area contributed by atoms with Crippen molar-refractivity contribution in [2.75, 3.05) is 13.2 Å². The number of alkyl carbamates (subject to hydrolysis) is 1. The van der Waals surface area contributed by atoms with Crippen LogP contribution < -0.4 is 10.6 Å². The standard InChI is InChI=1S/C13H16N2O4/c16-9-13(6-7-14-11(13)17)15-12(18)19-8-10-4-2-1-3-5-10/h1-5,16H,6-9H2,(H,14,17)(H,15,18). The number of carbonyl (C=O) groups is 2. The second kappa shape index (κ2) is 5.71. The van der Waals surface area contributed by atoms with Crippen molar-refractivity contribution in [2.45, 2.75) is 18.6 Å². The molecule has 3 N–H and O–H groups in total. The van der Waals surface area contributed by atoms with Gasteiger partial charge in [-0.25, -0.2) is 4.79 Å². The third-order valence-corrected chi connectivity index (χ3v) is 3.10. The molecular weight excluding hydrogens is 248 g/mol. The van der Waals surface area contributed by atoms with E-state index in [0.29, 0.717) is 13.0 Å². The molecule has 1 saturated heterocycles. The Balaban J connectivity index is 1.89. The number of hydrogen-bond donors (Lipinski definition) is 3. The summed E-state index contributed by atoms with van der Waals surface area (Å²) in [7, 11) is 0. The second-order valence-electron chi connectivity index (χ2n) is 4.43. The van der Waals surface area contributed by atoms with E-state index in [4.69, 9.17) is 4.74 Å². The average molecular weight is 264 g/mol. The minimum atomic E-state index is -1.26. The average Bonchev–Trinajstić information content (AvgIpc) is 2.79. The van der Waals surface area contributed by atoms with Crippen LogP contribution in [0.2, 0.25) is 0 Å². The maximum absolute atomic E-state index is 11.7. The third-order valence-electron chi connectivity index (χ3n) is 3.10. The number of amides is 2. The SMILES string of the molecule is O=C(NC1(CO)CCNC1=O)OCc1ccccc1. The molecule has 0 radical (unpaired) electrons. The molecule has 102 valence electrons. The highest BCUT2D eigenvalue weighted by molar-refractivity contribution is 5.91. The van der Waals surface area contributed by atoms with Crippen LogP contribution in [0.4, 0.5) is 4.79 Å². The Hall–Kier alpha value is -2.08. The zero-order chi connectivity index (χ0) is 13.7. The van der Waals surface area contributed by atoms with Crippen molar-refractivity contribution in [1.29, 1.82) is 0 Å². The summed E-state index contributed by atoms with van der Waals surface area (Å²) < 4.78 is 5.02. The number of hydrogen-bond acceptors (Lipinski definition) is 4. The summed E-state index contributed by atoms with van der Waals surface area (Å²) >= 11 is 0. The van der Waals surface area contributed by atoms with E-state index in [9.17, 15) is 14.7 Å². The number of benzene rings is 1. The van der Waals surface area contributed by atoms with Crippen molar-refractivity contribution in [2.24, 2.45) is 0 Å². The fourth-order valence-corrected chi connectivity index (χ4v) is 1.94. The smallest absolute Gasteiger partial charge is 0.408 e. The number of rotatable bonds is 4. The number of carbonyl (C=O) groups excluding carboxylic acids is 2. The fraction of sp³-hybridized carbons (Fsp3) is 0.385. The van der Waals surface area contributed by atoms with Crippen molar-refractivity contribution in [3.8, 4) is 0 Å². The quantitative estimate of drug-likeness (QED) is 0.723. The predicted octanol–water partition coefficient (Wildman–Crippen LogP) is 0.164. The lowest BCUT2D eigenvalue weighted by molar-refractivity contribution is -0.126. The second-order valence-corrected chi connectivity index (χ2v) is 4.43. The molecule has 0 bridgehead atoms. The van der Waals surface area contributed by atoms with Crippen LogP contribution in [0.25, 0.3) is 0 Å². The first kappa shape index (κ1) is 13.4. The lowest BCUT2D eigenvalue weighted by atomic mass is 9.99. The Morgan fingerprint density at radius 1 is 1.42 bits per heavy atom. The van der Waals surface area contributed by atoms with Crippen LogP contribution in [0.5, 0.6) is 0 Å². The van der Waals surface area contributed by atoms with Gasteiger partial charge in [0.1, 0.15) is 12.1 Å². The van der Waals surface area contributed by atoms with E-state index in [1.807, 2.05) is 30.3 Å². The molecule has 1 aromatic rings. The summed E-state index contributed by atoms with van der Waals surface area (Å²) in [5.74, 6) is -0.383. The molecule has 2 rings (SSSR count). The minimum absolute atomic E-state index is 0.121. The molecule has 19 heavy (non-hydrogen) atoms. The zero-order valence-electron chi connectivity index (χ0n) is 10.4. The summed E-state index contributed by atoms with van der Waals surface area (Å²) in [6.07, 6.45) is -0.363. The Morgan fingerprint density at radius 3 is 2.74 bits per heavy atom. The Kier molecular flexibility index (Phi) is 4.01. The van der Waals surface area contributed by atoms with Gasteiger partial charge >= 0.3 is 6.09 Å². The molecule has 0 spiro atoms. The first-order valence-corrected chi connectivity index (χ1v) is 6.04. The highest BCUT2D eigenvalue weighted by Crippen LogP contribution is 2.15. The van der Waals surface area contributed by atoms with Crippen LogP contribution in [-0.4, -0.2) is 35.8 Å². The summed E-state index contributed by atoms with van der Waals surface area (Å²) in [4.78, 5) is 23.3. The molecule has 0 aromatic heterocycles. The van der Waals surface area contributed by atoms with E-state index in [0.717, 1.165) is 5.56 Å². The van der Waals surface area contributed by atoms with E-state index >= 15 is 0 Å². The molecule has 0 aliphatic carbocycles. The van der Waals surface area contributed by atoms with Crippen molar-refractivity contribution >= 4 is 12.0 Å². The van der Waals surface area contributed by atoms with Gasteiger partial charge < -0.3 is 20.5 Å². The highest BCUT2D eigenvalue weighted by Gasteiger charge is 2.43. The van der Waals surface area contributed by atoms with Crippen LogP contribution in [-0.2, 0) is 16.1 Å². The van der Waals surface area contributed by atoms with Crippen molar-refractivity contribution in [3.63, 3.8) is 0 Å². The predicted molar refractivity (Wildman–Crippen MR) is 67.2 cm³/mol. The molecule has 2 amide bonds. The Bertz CT molecular complexity index is 463. The Labute approximate surface area is 110 Å². The van der Waals surface area contributed by atoms with Gasteiger partial charge in [-0.1, -0.05) is 30.3 Å². The molecule has 1 unspecified atom stereocenters. The van der Waals surface area contributed by atoms with Gasteiger partial charge in [0.15, 0.2) is 0 Å². The lowest BCUT2D eigenvalue weighted by Crippen LogP contribution is -2.56. The van der Waals surface area contributed by atoms with Gasteiger partial charge in [-0.15, -0.1) is 0 Å². The van der Waals surface area contributed by atoms with Gasteiger partial charge in [0.25, 0.3) is 0 Å². The molecule has 1 atom stereocenters. The van der Waals surface area contributed by atoms with E-state index in [2.05, 4.69) is 10.6 Å². The van der Waals surface area contributed by atoms with Gasteiger partial charge in [-0.3, -0.25) is 4.79 Å². The molecule has 6 nitrogen and oxygen atoms in total. The summed E-state index contributed by atoms with van der Waals surface area (Å²) in [6, 6.07) is 9.22. The molecule has 1 heterocycles. The van der Waals surface area contributed by atoms with Gasteiger partial charge in [-0.2, -0.15) is 0 Å². The maximum atomic E-state index is 11.7. The minimum Gasteiger partial charge on any atom is -0.445 e. The van der Waals surface area contributed by atoms with Crippen molar-refractivity contribution in [1.82, 2.24) is 10.6 Å². The van der Waals surface area contributed by atoms with Gasteiger partial charge in [0.2, 0.25) is 5.91 Å². The van der Waals surface area contributed by atoms with Crippen LogP contribution in [0.1, 0.15) is 12.0 Å². The molecule has 0 saturated carbocycles. The van der Waals surface area contributed by atoms with Gasteiger partial charge in [-0.05, 0) is 12.0 Å². The largest absolute Gasteiger partial charge is 0.445 e. The van der Waals surface area contributed by atoms with E-state index in [-0.39, 0.29) is 12.5 Å². The maximum Gasteiger partial charge on any atom is 0.408 e. The third kappa shape index (κ3) is 3.03. The summed E-state index contributed by atoms with van der Waals surface area (Å²) in [5, 5.41) is 14.3. The van der Waals surface area contributed by atoms with Crippen molar-refractivity contribution in [3.05, 3.63) is 35.9 Å². The molecule has 1 aliphatic heterocycles. The number of aliphatic hydroxyl groups excluding tert-OH is 1. The van der Waals surface area contributed by atoms with Crippen LogP contribution in [0.15, 0.2) is 30.3 Å². The van der Waals surface area contributed by atoms with Crippen LogP contribution in [0, 0.1) is 0 Å². The van der Waals surface area contributed by atoms with Gasteiger partial charge in [0, 0.05) is 6.54 Å². The Morgan fingerprint density at radius 2 is 2.16 bits per heavy atom. The first-order chi connectivity index (χ1) is 9.16. The van der Waals surface area contributed by atoms with E-state index < -0.39 is 18.2 Å². The summed E-state index contributed by atoms with van der Waals surface area (Å²) in [6.45, 7) is 0.105. The van der Waals surface area contributed by atoms with Crippen LogP contribution in [0.3, 0.4) is 0 Å². The molecule has 1 fully saturated rings. The van der Waals surface area contributed by atoms with Crippen LogP contribution >= 0.6 is 0 Å². The van der Waals surface area contributed by atoms with E-state index in [1.165, 1.54) is 0 Å². The fourth-order valence-electron chi connectivity index (χ4n) is 1.94. The number of aliphatic hydroxyl groups is 1. The molecular formula is C13H16N2O4. The van der Waals surface area contributed by atoms with Gasteiger partial charge in [0.05, 0.1) is 6.61 Å². The first-order valence-electron chi connectivity index (χ1n) is 6.04. The lowest BCUT2D eigenvalue weighted by Gasteiger charge is -2.24. The molecule has 6 heteroatoms. The number of nitrogens with one attached hydrogen (secondary N) is 2. The normalized spacial score (nSPS) is 21.8. The van der Waals surface area contributed by atoms with E-state index in [1.54, 1.807) is 0 Å². The highest BCUT2D eigenvalue weighted by atomic mass is 16.5. The van der Waals surface area contributed by atoms with Crippen molar-refractivity contribution < 1.29 is 19.4 Å². The topological polar surface area (TPSA) is 87.7 Å².